The predicted molar refractivity (Wildman–Crippen MR) is 90.6 cm³/mol. The zero-order valence-electron chi connectivity index (χ0n) is 14.8. The Morgan fingerprint density at radius 3 is 2.36 bits per heavy atom. The molecule has 4 bridgehead atoms. The van der Waals surface area contributed by atoms with Crippen molar-refractivity contribution in [3.63, 3.8) is 0 Å². The Hall–Kier alpha value is -1.39. The minimum absolute atomic E-state index is 0.0282. The number of rotatable bonds is 3. The molecule has 1 aliphatic heterocycles. The SMILES string of the molecule is O=C(N1CCCC1c1nc(C2CC2)no1)C12CC3CC(CC(C3)C1)C2. The van der Waals surface area contributed by atoms with Crippen LogP contribution in [0.4, 0.5) is 0 Å². The molecule has 1 aromatic heterocycles. The first-order chi connectivity index (χ1) is 12.2. The summed E-state index contributed by atoms with van der Waals surface area (Å²) in [5.74, 6) is 4.90. The molecule has 5 nitrogen and oxygen atoms in total. The smallest absolute Gasteiger partial charge is 0.249 e. The van der Waals surface area contributed by atoms with Gasteiger partial charge in [0.25, 0.3) is 0 Å². The second-order valence-electron chi connectivity index (χ2n) is 9.62. The predicted octanol–water partition coefficient (Wildman–Crippen LogP) is 3.83. The first kappa shape index (κ1) is 14.7. The highest BCUT2D eigenvalue weighted by Gasteiger charge is 2.56. The molecule has 0 spiro atoms. The van der Waals surface area contributed by atoms with Gasteiger partial charge in [0.15, 0.2) is 5.82 Å². The summed E-state index contributed by atoms with van der Waals surface area (Å²) in [5, 5.41) is 4.18. The zero-order valence-corrected chi connectivity index (χ0v) is 14.8. The van der Waals surface area contributed by atoms with Crippen LogP contribution in [-0.4, -0.2) is 27.5 Å². The van der Waals surface area contributed by atoms with Gasteiger partial charge in [-0.25, -0.2) is 0 Å². The van der Waals surface area contributed by atoms with Gasteiger partial charge in [0.1, 0.15) is 6.04 Å². The third-order valence-electron chi connectivity index (χ3n) is 7.69. The van der Waals surface area contributed by atoms with Crippen molar-refractivity contribution in [3.05, 3.63) is 11.7 Å². The quantitative estimate of drug-likeness (QED) is 0.838. The van der Waals surface area contributed by atoms with Crippen molar-refractivity contribution in [1.82, 2.24) is 15.0 Å². The molecule has 5 saturated carbocycles. The van der Waals surface area contributed by atoms with Gasteiger partial charge in [0, 0.05) is 12.5 Å². The lowest BCUT2D eigenvalue weighted by Crippen LogP contribution is -2.54. The zero-order chi connectivity index (χ0) is 16.6. The van der Waals surface area contributed by atoms with Gasteiger partial charge in [0.05, 0.1) is 5.41 Å². The number of hydrogen-bond donors (Lipinski definition) is 0. The van der Waals surface area contributed by atoms with E-state index in [1.54, 1.807) is 0 Å². The molecule has 6 fully saturated rings. The van der Waals surface area contributed by atoms with Crippen LogP contribution in [0.15, 0.2) is 4.52 Å². The molecular formula is C20H27N3O2. The molecule has 1 atom stereocenters. The minimum atomic E-state index is -0.0588. The topological polar surface area (TPSA) is 59.2 Å². The number of carbonyl (C=O) groups excluding carboxylic acids is 1. The van der Waals surface area contributed by atoms with Gasteiger partial charge >= 0.3 is 0 Å². The van der Waals surface area contributed by atoms with Crippen LogP contribution in [0.5, 0.6) is 0 Å². The maximum Gasteiger partial charge on any atom is 0.249 e. The maximum absolute atomic E-state index is 13.7. The van der Waals surface area contributed by atoms with E-state index in [-0.39, 0.29) is 11.5 Å². The van der Waals surface area contributed by atoms with E-state index in [9.17, 15) is 4.79 Å². The van der Waals surface area contributed by atoms with Gasteiger partial charge in [-0.05, 0) is 82.0 Å². The molecule has 134 valence electrons. The summed E-state index contributed by atoms with van der Waals surface area (Å²) < 4.78 is 5.59. The summed E-state index contributed by atoms with van der Waals surface area (Å²) in [7, 11) is 0. The van der Waals surface area contributed by atoms with E-state index >= 15 is 0 Å². The van der Waals surface area contributed by atoms with Gasteiger partial charge in [-0.3, -0.25) is 4.79 Å². The summed E-state index contributed by atoms with van der Waals surface area (Å²) in [5.41, 5.74) is -0.0588. The summed E-state index contributed by atoms with van der Waals surface area (Å²) in [4.78, 5) is 20.5. The molecule has 5 aliphatic carbocycles. The van der Waals surface area contributed by atoms with Crippen LogP contribution in [-0.2, 0) is 4.79 Å². The number of hydrogen-bond acceptors (Lipinski definition) is 4. The Bertz CT molecular complexity index is 672. The van der Waals surface area contributed by atoms with Crippen molar-refractivity contribution < 1.29 is 9.32 Å². The minimum Gasteiger partial charge on any atom is -0.337 e. The van der Waals surface area contributed by atoms with E-state index in [0.717, 1.165) is 62.2 Å². The molecule has 25 heavy (non-hydrogen) atoms. The van der Waals surface area contributed by atoms with E-state index in [0.29, 0.717) is 17.7 Å². The standard InChI is InChI=1S/C20H27N3O2/c24-19(20-9-12-6-13(10-20)8-14(7-12)11-20)23-5-1-2-16(23)18-21-17(22-25-18)15-3-4-15/h12-16H,1-11H2. The largest absolute Gasteiger partial charge is 0.337 e. The molecule has 1 amide bonds. The van der Waals surface area contributed by atoms with Crippen LogP contribution in [0.25, 0.3) is 0 Å². The number of aromatic nitrogens is 2. The van der Waals surface area contributed by atoms with Crippen LogP contribution in [0.3, 0.4) is 0 Å². The fraction of sp³-hybridized carbons (Fsp3) is 0.850. The first-order valence-electron chi connectivity index (χ1n) is 10.3. The Labute approximate surface area is 148 Å². The average Bonchev–Trinajstić information content (AvgIpc) is 3.13. The lowest BCUT2D eigenvalue weighted by Gasteiger charge is -2.56. The second kappa shape index (κ2) is 5.08. The van der Waals surface area contributed by atoms with Crippen LogP contribution in [0.1, 0.15) is 87.9 Å². The number of nitrogens with zero attached hydrogens (tertiary/aromatic N) is 3. The molecule has 0 N–H and O–H groups in total. The van der Waals surface area contributed by atoms with Crippen molar-refractivity contribution in [2.45, 2.75) is 76.2 Å². The molecule has 6 aliphatic rings. The third-order valence-corrected chi connectivity index (χ3v) is 7.69. The van der Waals surface area contributed by atoms with Crippen molar-refractivity contribution >= 4 is 5.91 Å². The van der Waals surface area contributed by atoms with Gasteiger partial charge in [-0.2, -0.15) is 4.98 Å². The van der Waals surface area contributed by atoms with Gasteiger partial charge in [-0.15, -0.1) is 0 Å². The maximum atomic E-state index is 13.7. The van der Waals surface area contributed by atoms with Crippen LogP contribution in [0, 0.1) is 23.2 Å². The molecular weight excluding hydrogens is 314 g/mol. The molecule has 1 unspecified atom stereocenters. The average molecular weight is 341 g/mol. The van der Waals surface area contributed by atoms with E-state index in [4.69, 9.17) is 4.52 Å². The van der Waals surface area contributed by atoms with E-state index in [1.165, 1.54) is 32.1 Å². The number of carbonyl (C=O) groups is 1. The first-order valence-corrected chi connectivity index (χ1v) is 10.3. The summed E-state index contributed by atoms with van der Waals surface area (Å²) in [6.45, 7) is 0.867. The lowest BCUT2D eigenvalue weighted by atomic mass is 9.49. The molecule has 7 rings (SSSR count). The molecule has 5 heteroatoms. The fourth-order valence-electron chi connectivity index (χ4n) is 6.83. The Morgan fingerprint density at radius 1 is 1.04 bits per heavy atom. The Balaban J connectivity index is 1.28. The van der Waals surface area contributed by atoms with E-state index < -0.39 is 0 Å². The van der Waals surface area contributed by atoms with Crippen molar-refractivity contribution in [2.24, 2.45) is 23.2 Å². The van der Waals surface area contributed by atoms with Gasteiger partial charge < -0.3 is 9.42 Å². The number of amides is 1. The van der Waals surface area contributed by atoms with E-state index in [2.05, 4.69) is 15.0 Å². The van der Waals surface area contributed by atoms with Gasteiger partial charge in [-0.1, -0.05) is 5.16 Å². The molecule has 2 heterocycles. The third kappa shape index (κ3) is 2.23. The van der Waals surface area contributed by atoms with E-state index in [1.807, 2.05) is 0 Å². The molecule has 1 aromatic rings. The highest BCUT2D eigenvalue weighted by molar-refractivity contribution is 5.84. The van der Waals surface area contributed by atoms with Crippen molar-refractivity contribution in [3.8, 4) is 0 Å². The molecule has 0 aromatic carbocycles. The normalized spacial score (nSPS) is 42.3. The highest BCUT2D eigenvalue weighted by Crippen LogP contribution is 2.61. The highest BCUT2D eigenvalue weighted by atomic mass is 16.5. The molecule has 1 saturated heterocycles. The summed E-state index contributed by atoms with van der Waals surface area (Å²) in [6, 6.07) is 0.0282. The summed E-state index contributed by atoms with van der Waals surface area (Å²) >= 11 is 0. The van der Waals surface area contributed by atoms with Crippen molar-refractivity contribution in [2.75, 3.05) is 6.54 Å². The lowest BCUT2D eigenvalue weighted by molar-refractivity contribution is -0.159. The van der Waals surface area contributed by atoms with Crippen LogP contribution < -0.4 is 0 Å². The second-order valence-corrected chi connectivity index (χ2v) is 9.62. The van der Waals surface area contributed by atoms with Gasteiger partial charge in [0.2, 0.25) is 11.8 Å². The molecule has 0 radical (unpaired) electrons. The summed E-state index contributed by atoms with van der Waals surface area (Å²) in [6.07, 6.45) is 11.9. The van der Waals surface area contributed by atoms with Crippen LogP contribution >= 0.6 is 0 Å². The fourth-order valence-corrected chi connectivity index (χ4v) is 6.83. The Kier molecular flexibility index (Phi) is 2.99. The Morgan fingerprint density at radius 2 is 1.72 bits per heavy atom. The number of likely N-dealkylation sites (tertiary alicyclic amines) is 1. The van der Waals surface area contributed by atoms with Crippen LogP contribution in [0.2, 0.25) is 0 Å². The monoisotopic (exact) mass is 341 g/mol. The van der Waals surface area contributed by atoms with Crippen molar-refractivity contribution in [1.29, 1.82) is 0 Å².